The predicted octanol–water partition coefficient (Wildman–Crippen LogP) is 1.27. The SMILES string of the molecule is Cc1oc2nc[nH]c(=O)c2c1C(=O)N(C)CCC(N)C(C)C. The maximum Gasteiger partial charge on any atom is 0.262 e. The van der Waals surface area contributed by atoms with Gasteiger partial charge in [0.2, 0.25) is 5.71 Å². The zero-order chi connectivity index (χ0) is 16.4. The highest BCUT2D eigenvalue weighted by Crippen LogP contribution is 2.22. The topological polar surface area (TPSA) is 105 Å². The largest absolute Gasteiger partial charge is 0.442 e. The number of aromatic nitrogens is 2. The van der Waals surface area contributed by atoms with Crippen molar-refractivity contribution in [2.24, 2.45) is 11.7 Å². The summed E-state index contributed by atoms with van der Waals surface area (Å²) in [7, 11) is 1.69. The fourth-order valence-corrected chi connectivity index (χ4v) is 2.28. The van der Waals surface area contributed by atoms with Gasteiger partial charge >= 0.3 is 0 Å². The molecular weight excluding hydrogens is 284 g/mol. The maximum absolute atomic E-state index is 12.6. The van der Waals surface area contributed by atoms with Crippen LogP contribution >= 0.6 is 0 Å². The van der Waals surface area contributed by atoms with E-state index in [-0.39, 0.29) is 34.2 Å². The summed E-state index contributed by atoms with van der Waals surface area (Å²) in [4.78, 5) is 32.5. The Hall–Kier alpha value is -2.15. The number of aryl methyl sites for hydroxylation is 1. The molecule has 2 aromatic rings. The second-order valence-electron chi connectivity index (χ2n) is 5.87. The highest BCUT2D eigenvalue weighted by Gasteiger charge is 2.24. The summed E-state index contributed by atoms with van der Waals surface area (Å²) in [6.45, 7) is 6.27. The lowest BCUT2D eigenvalue weighted by Gasteiger charge is -2.21. The third-order valence-electron chi connectivity index (χ3n) is 3.88. The van der Waals surface area contributed by atoms with Crippen LogP contribution in [0.5, 0.6) is 0 Å². The van der Waals surface area contributed by atoms with Gasteiger partial charge in [-0.05, 0) is 19.3 Å². The Morgan fingerprint density at radius 1 is 1.50 bits per heavy atom. The van der Waals surface area contributed by atoms with E-state index < -0.39 is 0 Å². The van der Waals surface area contributed by atoms with E-state index in [1.165, 1.54) is 6.33 Å². The van der Waals surface area contributed by atoms with Gasteiger partial charge in [-0.1, -0.05) is 13.8 Å². The standard InChI is InChI=1S/C15H22N4O3/c1-8(2)10(16)5-6-19(4)15(21)11-9(3)22-14-12(11)13(20)17-7-18-14/h7-8,10H,5-6,16H2,1-4H3,(H,17,18,20). The lowest BCUT2D eigenvalue weighted by Crippen LogP contribution is -2.35. The number of hydrogen-bond acceptors (Lipinski definition) is 5. The minimum atomic E-state index is -0.377. The van der Waals surface area contributed by atoms with Gasteiger partial charge in [0, 0.05) is 19.6 Å². The van der Waals surface area contributed by atoms with Crippen molar-refractivity contribution in [1.29, 1.82) is 0 Å². The van der Waals surface area contributed by atoms with Gasteiger partial charge in [0.25, 0.3) is 11.5 Å². The number of fused-ring (bicyclic) bond motifs is 1. The van der Waals surface area contributed by atoms with E-state index >= 15 is 0 Å². The number of H-pyrrole nitrogens is 1. The number of rotatable bonds is 5. The van der Waals surface area contributed by atoms with Gasteiger partial charge < -0.3 is 20.0 Å². The van der Waals surface area contributed by atoms with Crippen LogP contribution in [0.2, 0.25) is 0 Å². The van der Waals surface area contributed by atoms with E-state index in [2.05, 4.69) is 9.97 Å². The number of amides is 1. The first kappa shape index (κ1) is 16.2. The molecule has 0 aliphatic heterocycles. The first-order valence-electron chi connectivity index (χ1n) is 7.30. The van der Waals surface area contributed by atoms with Crippen LogP contribution in [0.25, 0.3) is 11.1 Å². The van der Waals surface area contributed by atoms with E-state index in [0.717, 1.165) is 0 Å². The average Bonchev–Trinajstić information content (AvgIpc) is 2.80. The molecule has 1 unspecified atom stereocenters. The molecule has 0 saturated carbocycles. The molecule has 0 aromatic carbocycles. The summed E-state index contributed by atoms with van der Waals surface area (Å²) >= 11 is 0. The lowest BCUT2D eigenvalue weighted by atomic mass is 10.0. The molecule has 0 aliphatic rings. The van der Waals surface area contributed by atoms with Crippen molar-refractivity contribution in [3.63, 3.8) is 0 Å². The van der Waals surface area contributed by atoms with Gasteiger partial charge in [0.1, 0.15) is 11.1 Å². The summed E-state index contributed by atoms with van der Waals surface area (Å²) in [5.74, 6) is 0.488. The van der Waals surface area contributed by atoms with Crippen LogP contribution < -0.4 is 11.3 Å². The van der Waals surface area contributed by atoms with E-state index in [0.29, 0.717) is 24.6 Å². The Morgan fingerprint density at radius 3 is 2.82 bits per heavy atom. The van der Waals surface area contributed by atoms with Crippen LogP contribution in [0.3, 0.4) is 0 Å². The van der Waals surface area contributed by atoms with Crippen LogP contribution in [-0.2, 0) is 0 Å². The fraction of sp³-hybridized carbons (Fsp3) is 0.533. The Labute approximate surface area is 128 Å². The van der Waals surface area contributed by atoms with E-state index in [4.69, 9.17) is 10.2 Å². The number of hydrogen-bond donors (Lipinski definition) is 2. The van der Waals surface area contributed by atoms with Gasteiger partial charge in [-0.3, -0.25) is 9.59 Å². The van der Waals surface area contributed by atoms with Gasteiger partial charge in [0.15, 0.2) is 0 Å². The molecule has 0 bridgehead atoms. The van der Waals surface area contributed by atoms with Crippen LogP contribution in [-0.4, -0.2) is 40.4 Å². The van der Waals surface area contributed by atoms with Crippen molar-refractivity contribution in [3.8, 4) is 0 Å². The fourth-order valence-electron chi connectivity index (χ4n) is 2.28. The van der Waals surface area contributed by atoms with Gasteiger partial charge in [-0.15, -0.1) is 0 Å². The zero-order valence-electron chi connectivity index (χ0n) is 13.3. The second kappa shape index (κ2) is 6.31. The molecule has 0 radical (unpaired) electrons. The number of carbonyl (C=O) groups is 1. The molecule has 0 saturated heterocycles. The number of nitrogens with zero attached hydrogens (tertiary/aromatic N) is 2. The third-order valence-corrected chi connectivity index (χ3v) is 3.88. The molecule has 120 valence electrons. The smallest absolute Gasteiger partial charge is 0.262 e. The zero-order valence-corrected chi connectivity index (χ0v) is 13.3. The number of nitrogens with two attached hydrogens (primary N) is 1. The molecule has 3 N–H and O–H groups in total. The van der Waals surface area contributed by atoms with E-state index in [1.807, 2.05) is 13.8 Å². The Balaban J connectivity index is 2.26. The average molecular weight is 306 g/mol. The molecular formula is C15H22N4O3. The number of carbonyl (C=O) groups excluding carboxylic acids is 1. The third kappa shape index (κ3) is 3.04. The van der Waals surface area contributed by atoms with Crippen LogP contribution in [0.4, 0.5) is 0 Å². The van der Waals surface area contributed by atoms with Crippen molar-refractivity contribution in [1.82, 2.24) is 14.9 Å². The highest BCUT2D eigenvalue weighted by molar-refractivity contribution is 6.06. The van der Waals surface area contributed by atoms with Crippen molar-refractivity contribution >= 4 is 17.0 Å². The predicted molar refractivity (Wildman–Crippen MR) is 83.8 cm³/mol. The van der Waals surface area contributed by atoms with Gasteiger partial charge in [-0.2, -0.15) is 0 Å². The van der Waals surface area contributed by atoms with E-state index in [9.17, 15) is 9.59 Å². The molecule has 22 heavy (non-hydrogen) atoms. The van der Waals surface area contributed by atoms with Gasteiger partial charge in [0.05, 0.1) is 11.9 Å². The number of aromatic amines is 1. The number of furan rings is 1. The van der Waals surface area contributed by atoms with E-state index in [1.54, 1.807) is 18.9 Å². The molecule has 2 heterocycles. The molecule has 0 aliphatic carbocycles. The summed E-state index contributed by atoms with van der Waals surface area (Å²) in [6.07, 6.45) is 1.95. The summed E-state index contributed by atoms with van der Waals surface area (Å²) in [5.41, 5.74) is 6.08. The Bertz CT molecular complexity index is 732. The monoisotopic (exact) mass is 306 g/mol. The minimum absolute atomic E-state index is 0.0301. The molecule has 2 aromatic heterocycles. The summed E-state index contributed by atoms with van der Waals surface area (Å²) in [6, 6.07) is 0.0301. The van der Waals surface area contributed by atoms with Crippen molar-refractivity contribution in [3.05, 3.63) is 28.0 Å². The van der Waals surface area contributed by atoms with Gasteiger partial charge in [-0.25, -0.2) is 4.98 Å². The molecule has 7 heteroatoms. The Kier molecular flexibility index (Phi) is 4.65. The highest BCUT2D eigenvalue weighted by atomic mass is 16.3. The number of nitrogens with one attached hydrogen (secondary N) is 1. The lowest BCUT2D eigenvalue weighted by molar-refractivity contribution is 0.0789. The molecule has 2 rings (SSSR count). The first-order chi connectivity index (χ1) is 10.3. The molecule has 1 atom stereocenters. The second-order valence-corrected chi connectivity index (χ2v) is 5.87. The molecule has 0 spiro atoms. The maximum atomic E-state index is 12.6. The quantitative estimate of drug-likeness (QED) is 0.865. The normalized spacial score (nSPS) is 12.8. The first-order valence-corrected chi connectivity index (χ1v) is 7.30. The summed E-state index contributed by atoms with van der Waals surface area (Å²) in [5, 5.41) is 0.199. The molecule has 7 nitrogen and oxygen atoms in total. The van der Waals surface area contributed by atoms with Crippen molar-refractivity contribution < 1.29 is 9.21 Å². The molecule has 1 amide bonds. The van der Waals surface area contributed by atoms with Crippen molar-refractivity contribution in [2.45, 2.75) is 33.2 Å². The Morgan fingerprint density at radius 2 is 2.18 bits per heavy atom. The van der Waals surface area contributed by atoms with Crippen LogP contribution in [0.1, 0.15) is 36.4 Å². The summed E-state index contributed by atoms with van der Waals surface area (Å²) < 4.78 is 5.41. The van der Waals surface area contributed by atoms with Crippen molar-refractivity contribution in [2.75, 3.05) is 13.6 Å². The van der Waals surface area contributed by atoms with Crippen LogP contribution in [0, 0.1) is 12.8 Å². The minimum Gasteiger partial charge on any atom is -0.442 e. The van der Waals surface area contributed by atoms with Crippen LogP contribution in [0.15, 0.2) is 15.5 Å². The molecule has 0 fully saturated rings.